The van der Waals surface area contributed by atoms with Crippen LogP contribution in [-0.2, 0) is 23.6 Å². The van der Waals surface area contributed by atoms with Crippen LogP contribution in [-0.4, -0.2) is 41.9 Å². The summed E-state index contributed by atoms with van der Waals surface area (Å²) in [4.78, 5) is 18.7. The molecular formula is C18H24N4O3S. The molecule has 8 heteroatoms. The van der Waals surface area contributed by atoms with Crippen LogP contribution in [0, 0.1) is 0 Å². The molecule has 1 N–H and O–H groups in total. The van der Waals surface area contributed by atoms with Crippen LogP contribution in [0.4, 0.5) is 0 Å². The SMILES string of the molecule is Cn1ccnc1CNS(=O)(=O)c1cccc(C(=O)N2CCCCCC2)c1. The molecule has 140 valence electrons. The molecule has 1 amide bonds. The van der Waals surface area contributed by atoms with Gasteiger partial charge in [0.25, 0.3) is 5.91 Å². The van der Waals surface area contributed by atoms with Gasteiger partial charge in [0, 0.05) is 38.1 Å². The minimum absolute atomic E-state index is 0.0902. The molecule has 3 rings (SSSR count). The fraction of sp³-hybridized carbons (Fsp3) is 0.444. The molecule has 0 unspecified atom stereocenters. The summed E-state index contributed by atoms with van der Waals surface area (Å²) in [7, 11) is -1.92. The number of likely N-dealkylation sites (tertiary alicyclic amines) is 1. The van der Waals surface area contributed by atoms with Crippen molar-refractivity contribution in [3.8, 4) is 0 Å². The van der Waals surface area contributed by atoms with Crippen LogP contribution in [0.1, 0.15) is 41.9 Å². The molecule has 0 atom stereocenters. The lowest BCUT2D eigenvalue weighted by atomic mass is 10.2. The van der Waals surface area contributed by atoms with Crippen LogP contribution in [0.25, 0.3) is 0 Å². The van der Waals surface area contributed by atoms with Crippen LogP contribution < -0.4 is 4.72 Å². The second-order valence-electron chi connectivity index (χ2n) is 6.51. The van der Waals surface area contributed by atoms with Gasteiger partial charge in [-0.1, -0.05) is 18.9 Å². The van der Waals surface area contributed by atoms with E-state index in [1.807, 2.05) is 4.90 Å². The molecule has 1 aromatic heterocycles. The standard InChI is InChI=1S/C18H24N4O3S/c1-21-12-9-19-17(21)14-20-26(24,25)16-8-6-7-15(13-16)18(23)22-10-4-2-3-5-11-22/h6-9,12-13,20H,2-5,10-11,14H2,1H3. The maximum absolute atomic E-state index is 12.7. The van der Waals surface area contributed by atoms with Gasteiger partial charge in [-0.15, -0.1) is 0 Å². The van der Waals surface area contributed by atoms with Gasteiger partial charge in [-0.2, -0.15) is 0 Å². The number of hydrogen-bond acceptors (Lipinski definition) is 4. The molecule has 26 heavy (non-hydrogen) atoms. The number of carbonyl (C=O) groups excluding carboxylic acids is 1. The topological polar surface area (TPSA) is 84.3 Å². The minimum Gasteiger partial charge on any atom is -0.339 e. The third kappa shape index (κ3) is 4.31. The highest BCUT2D eigenvalue weighted by Crippen LogP contribution is 2.17. The van der Waals surface area contributed by atoms with E-state index in [1.165, 1.54) is 12.1 Å². The van der Waals surface area contributed by atoms with Crippen molar-refractivity contribution < 1.29 is 13.2 Å². The summed E-state index contributed by atoms with van der Waals surface area (Å²) in [6.45, 7) is 1.55. The molecule has 0 radical (unpaired) electrons. The van der Waals surface area contributed by atoms with Gasteiger partial charge in [-0.3, -0.25) is 4.79 Å². The maximum atomic E-state index is 12.7. The molecule has 2 heterocycles. The van der Waals surface area contributed by atoms with Gasteiger partial charge < -0.3 is 9.47 Å². The maximum Gasteiger partial charge on any atom is 0.253 e. The highest BCUT2D eigenvalue weighted by atomic mass is 32.2. The third-order valence-corrected chi connectivity index (χ3v) is 6.02. The van der Waals surface area contributed by atoms with Crippen LogP contribution in [0.15, 0.2) is 41.6 Å². The summed E-state index contributed by atoms with van der Waals surface area (Å²) in [6, 6.07) is 6.24. The molecule has 2 aromatic rings. The van der Waals surface area contributed by atoms with E-state index in [2.05, 4.69) is 9.71 Å². The average Bonchev–Trinajstić information content (AvgIpc) is 2.88. The largest absolute Gasteiger partial charge is 0.339 e. The van der Waals surface area contributed by atoms with E-state index in [0.717, 1.165) is 38.8 Å². The van der Waals surface area contributed by atoms with Gasteiger partial charge in [-0.25, -0.2) is 18.1 Å². The number of hydrogen-bond donors (Lipinski definition) is 1. The zero-order valence-corrected chi connectivity index (χ0v) is 15.7. The summed E-state index contributed by atoms with van der Waals surface area (Å²) in [5, 5.41) is 0. The first kappa shape index (κ1) is 18.6. The number of sulfonamides is 1. The van der Waals surface area contributed by atoms with Gasteiger partial charge in [-0.05, 0) is 31.0 Å². The molecular weight excluding hydrogens is 352 g/mol. The van der Waals surface area contributed by atoms with Crippen molar-refractivity contribution in [2.45, 2.75) is 37.1 Å². The number of nitrogens with zero attached hydrogens (tertiary/aromatic N) is 3. The highest BCUT2D eigenvalue weighted by Gasteiger charge is 2.20. The van der Waals surface area contributed by atoms with Crippen molar-refractivity contribution in [3.63, 3.8) is 0 Å². The molecule has 1 aromatic carbocycles. The van der Waals surface area contributed by atoms with E-state index in [9.17, 15) is 13.2 Å². The number of aromatic nitrogens is 2. The number of rotatable bonds is 5. The summed E-state index contributed by atoms with van der Waals surface area (Å²) >= 11 is 0. The van der Waals surface area contributed by atoms with Crippen molar-refractivity contribution in [2.75, 3.05) is 13.1 Å². The number of benzene rings is 1. The van der Waals surface area contributed by atoms with E-state index in [0.29, 0.717) is 11.4 Å². The lowest BCUT2D eigenvalue weighted by Crippen LogP contribution is -2.32. The molecule has 0 saturated carbocycles. The van der Waals surface area contributed by atoms with Crippen molar-refractivity contribution in [2.24, 2.45) is 7.05 Å². The molecule has 1 aliphatic heterocycles. The Hall–Kier alpha value is -2.19. The summed E-state index contributed by atoms with van der Waals surface area (Å²) in [5.74, 6) is 0.512. The number of aryl methyl sites for hydroxylation is 1. The Labute approximate surface area is 154 Å². The van der Waals surface area contributed by atoms with E-state index in [1.54, 1.807) is 36.1 Å². The lowest BCUT2D eigenvalue weighted by Gasteiger charge is -2.20. The van der Waals surface area contributed by atoms with Crippen molar-refractivity contribution in [1.29, 1.82) is 0 Å². The van der Waals surface area contributed by atoms with Crippen molar-refractivity contribution in [3.05, 3.63) is 48.0 Å². The first-order valence-corrected chi connectivity index (χ1v) is 10.3. The summed E-state index contributed by atoms with van der Waals surface area (Å²) in [5.41, 5.74) is 0.409. The molecule has 1 saturated heterocycles. The predicted octanol–water partition coefficient (Wildman–Crippen LogP) is 1.91. The molecule has 1 fully saturated rings. The second kappa shape index (κ2) is 8.01. The van der Waals surface area contributed by atoms with E-state index in [4.69, 9.17) is 0 Å². The number of amides is 1. The van der Waals surface area contributed by atoms with Gasteiger partial charge in [0.2, 0.25) is 10.0 Å². The number of nitrogens with one attached hydrogen (secondary N) is 1. The smallest absolute Gasteiger partial charge is 0.253 e. The quantitative estimate of drug-likeness (QED) is 0.864. The normalized spacial score (nSPS) is 15.7. The van der Waals surface area contributed by atoms with E-state index >= 15 is 0 Å². The Morgan fingerprint density at radius 2 is 1.92 bits per heavy atom. The first-order valence-electron chi connectivity index (χ1n) is 8.82. The zero-order chi connectivity index (χ0) is 18.6. The van der Waals surface area contributed by atoms with Crippen LogP contribution >= 0.6 is 0 Å². The average molecular weight is 376 g/mol. The second-order valence-corrected chi connectivity index (χ2v) is 8.28. The fourth-order valence-electron chi connectivity index (χ4n) is 3.06. The Morgan fingerprint density at radius 3 is 2.58 bits per heavy atom. The molecule has 7 nitrogen and oxygen atoms in total. The number of carbonyl (C=O) groups is 1. The molecule has 0 bridgehead atoms. The van der Waals surface area contributed by atoms with Crippen LogP contribution in [0.2, 0.25) is 0 Å². The number of imidazole rings is 1. The third-order valence-electron chi connectivity index (χ3n) is 4.63. The van der Waals surface area contributed by atoms with Crippen LogP contribution in [0.5, 0.6) is 0 Å². The Bertz CT molecular complexity index is 868. The van der Waals surface area contributed by atoms with E-state index < -0.39 is 10.0 Å². The monoisotopic (exact) mass is 376 g/mol. The minimum atomic E-state index is -3.72. The fourth-order valence-corrected chi connectivity index (χ4v) is 4.09. The summed E-state index contributed by atoms with van der Waals surface area (Å²) in [6.07, 6.45) is 7.63. The molecule has 0 aliphatic carbocycles. The summed E-state index contributed by atoms with van der Waals surface area (Å²) < 4.78 is 29.4. The lowest BCUT2D eigenvalue weighted by molar-refractivity contribution is 0.0761. The highest BCUT2D eigenvalue weighted by molar-refractivity contribution is 7.89. The van der Waals surface area contributed by atoms with Crippen LogP contribution in [0.3, 0.4) is 0 Å². The molecule has 1 aliphatic rings. The van der Waals surface area contributed by atoms with Crippen molar-refractivity contribution >= 4 is 15.9 Å². The molecule has 0 spiro atoms. The Balaban J connectivity index is 1.75. The van der Waals surface area contributed by atoms with Gasteiger partial charge in [0.15, 0.2) is 0 Å². The zero-order valence-electron chi connectivity index (χ0n) is 14.9. The van der Waals surface area contributed by atoms with Gasteiger partial charge in [0.05, 0.1) is 11.4 Å². The van der Waals surface area contributed by atoms with Crippen molar-refractivity contribution in [1.82, 2.24) is 19.2 Å². The Kier molecular flexibility index (Phi) is 5.73. The van der Waals surface area contributed by atoms with E-state index in [-0.39, 0.29) is 17.3 Å². The predicted molar refractivity (Wildman–Crippen MR) is 98.0 cm³/mol. The van der Waals surface area contributed by atoms with Gasteiger partial charge in [0.1, 0.15) is 5.82 Å². The first-order chi connectivity index (χ1) is 12.5. The van der Waals surface area contributed by atoms with Gasteiger partial charge >= 0.3 is 0 Å². The Morgan fingerprint density at radius 1 is 1.19 bits per heavy atom.